The van der Waals surface area contributed by atoms with E-state index in [1.165, 1.54) is 11.1 Å². The van der Waals surface area contributed by atoms with E-state index in [1.807, 2.05) is 6.92 Å². The van der Waals surface area contributed by atoms with Crippen molar-refractivity contribution in [2.45, 2.75) is 25.8 Å². The van der Waals surface area contributed by atoms with E-state index in [2.05, 4.69) is 76.2 Å². The molecule has 2 aromatic carbocycles. The summed E-state index contributed by atoms with van der Waals surface area (Å²) in [6.45, 7) is 2.01. The summed E-state index contributed by atoms with van der Waals surface area (Å²) in [6, 6.07) is 21.6. The van der Waals surface area contributed by atoms with Gasteiger partial charge in [-0.25, -0.2) is 4.98 Å². The smallest absolute Gasteiger partial charge is 0.127 e. The Morgan fingerprint density at radius 3 is 2.85 bits per heavy atom. The largest absolute Gasteiger partial charge is 0.363 e. The number of aromatic amines is 1. The summed E-state index contributed by atoms with van der Waals surface area (Å²) in [5, 5.41) is 12.1. The first kappa shape index (κ1) is 15.1. The Kier molecular flexibility index (Phi) is 3.49. The number of rotatable bonds is 3. The van der Waals surface area contributed by atoms with Gasteiger partial charge in [-0.15, -0.1) is 0 Å². The van der Waals surface area contributed by atoms with Crippen LogP contribution in [0.1, 0.15) is 29.3 Å². The molecular weight excluding hydrogens is 320 g/mol. The van der Waals surface area contributed by atoms with Crippen LogP contribution in [0.15, 0.2) is 60.7 Å². The molecule has 26 heavy (non-hydrogen) atoms. The third kappa shape index (κ3) is 2.64. The van der Waals surface area contributed by atoms with Crippen LogP contribution in [-0.2, 0) is 6.42 Å². The van der Waals surface area contributed by atoms with Crippen molar-refractivity contribution < 1.29 is 0 Å². The van der Waals surface area contributed by atoms with Gasteiger partial charge in [0.25, 0.3) is 0 Å². The quantitative estimate of drug-likeness (QED) is 0.550. The van der Waals surface area contributed by atoms with Crippen molar-refractivity contribution in [2.24, 2.45) is 0 Å². The number of pyridine rings is 1. The number of hydrogen-bond acceptors (Lipinski definition) is 3. The molecule has 2 aromatic heterocycles. The maximum Gasteiger partial charge on any atom is 0.127 e. The number of nitrogens with zero attached hydrogens (tertiary/aromatic N) is 2. The van der Waals surface area contributed by atoms with Crippen molar-refractivity contribution in [3.8, 4) is 11.3 Å². The van der Waals surface area contributed by atoms with Gasteiger partial charge in [-0.1, -0.05) is 30.3 Å². The van der Waals surface area contributed by atoms with Gasteiger partial charge in [0.2, 0.25) is 0 Å². The number of aryl methyl sites for hydroxylation is 2. The monoisotopic (exact) mass is 340 g/mol. The summed E-state index contributed by atoms with van der Waals surface area (Å²) >= 11 is 0. The number of benzene rings is 2. The molecule has 4 nitrogen and oxygen atoms in total. The molecule has 0 aliphatic heterocycles. The fourth-order valence-corrected chi connectivity index (χ4v) is 3.82. The molecule has 1 atom stereocenters. The zero-order valence-corrected chi connectivity index (χ0v) is 14.7. The average molecular weight is 340 g/mol. The van der Waals surface area contributed by atoms with Gasteiger partial charge in [0, 0.05) is 16.6 Å². The van der Waals surface area contributed by atoms with E-state index < -0.39 is 0 Å². The highest BCUT2D eigenvalue weighted by Gasteiger charge is 2.21. The molecule has 4 aromatic rings. The maximum atomic E-state index is 4.81. The number of fused-ring (bicyclic) bond motifs is 2. The second-order valence-corrected chi connectivity index (χ2v) is 6.97. The van der Waals surface area contributed by atoms with Crippen LogP contribution in [0.3, 0.4) is 0 Å². The lowest BCUT2D eigenvalue weighted by Crippen LogP contribution is -2.08. The molecule has 2 heterocycles. The Bertz CT molecular complexity index is 1100. The summed E-state index contributed by atoms with van der Waals surface area (Å²) < 4.78 is 0. The van der Waals surface area contributed by atoms with E-state index in [4.69, 9.17) is 4.98 Å². The molecule has 0 amide bonds. The van der Waals surface area contributed by atoms with Crippen LogP contribution in [0.5, 0.6) is 0 Å². The molecule has 1 aliphatic carbocycles. The summed E-state index contributed by atoms with van der Waals surface area (Å²) in [6.07, 6.45) is 2.25. The highest BCUT2D eigenvalue weighted by Crippen LogP contribution is 2.33. The van der Waals surface area contributed by atoms with Gasteiger partial charge < -0.3 is 5.32 Å². The third-order valence-electron chi connectivity index (χ3n) is 5.15. The van der Waals surface area contributed by atoms with E-state index in [0.29, 0.717) is 6.04 Å². The normalized spacial score (nSPS) is 16.0. The SMILES string of the molecule is Cc1cc(-c2ccc3nc(N[C@@H]4CCc5ccccc54)ccc3c2)n[nH]1. The molecule has 0 bridgehead atoms. The molecule has 0 spiro atoms. The van der Waals surface area contributed by atoms with Gasteiger partial charge >= 0.3 is 0 Å². The van der Waals surface area contributed by atoms with Crippen molar-refractivity contribution in [1.29, 1.82) is 0 Å². The zero-order chi connectivity index (χ0) is 17.5. The van der Waals surface area contributed by atoms with E-state index in [9.17, 15) is 0 Å². The molecule has 4 heteroatoms. The minimum atomic E-state index is 0.349. The highest BCUT2D eigenvalue weighted by atomic mass is 15.1. The van der Waals surface area contributed by atoms with E-state index in [1.54, 1.807) is 0 Å². The lowest BCUT2D eigenvalue weighted by atomic mass is 10.1. The summed E-state index contributed by atoms with van der Waals surface area (Å²) in [5.41, 5.74) is 6.98. The molecule has 5 rings (SSSR count). The van der Waals surface area contributed by atoms with Gasteiger partial charge in [0.15, 0.2) is 0 Å². The Labute approximate surface area is 152 Å². The molecule has 0 unspecified atom stereocenters. The Hall–Kier alpha value is -3.14. The lowest BCUT2D eigenvalue weighted by Gasteiger charge is -2.15. The predicted octanol–water partition coefficient (Wildman–Crippen LogP) is 5.03. The molecule has 1 aliphatic rings. The van der Waals surface area contributed by atoms with Crippen LogP contribution in [0.2, 0.25) is 0 Å². The Morgan fingerprint density at radius 1 is 1.04 bits per heavy atom. The van der Waals surface area contributed by atoms with Crippen LogP contribution >= 0.6 is 0 Å². The molecule has 0 saturated heterocycles. The minimum absolute atomic E-state index is 0.349. The number of anilines is 1. The number of H-pyrrole nitrogens is 1. The fourth-order valence-electron chi connectivity index (χ4n) is 3.82. The van der Waals surface area contributed by atoms with Gasteiger partial charge in [-0.3, -0.25) is 5.10 Å². The summed E-state index contributed by atoms with van der Waals surface area (Å²) in [5.74, 6) is 0.933. The first-order chi connectivity index (χ1) is 12.8. The number of hydrogen-bond donors (Lipinski definition) is 2. The predicted molar refractivity (Wildman–Crippen MR) is 105 cm³/mol. The molecule has 128 valence electrons. The first-order valence-electron chi connectivity index (χ1n) is 9.04. The van der Waals surface area contributed by atoms with Crippen molar-refractivity contribution in [2.75, 3.05) is 5.32 Å². The van der Waals surface area contributed by atoms with Gasteiger partial charge in [0.05, 0.1) is 17.3 Å². The number of nitrogens with one attached hydrogen (secondary N) is 2. The first-order valence-corrected chi connectivity index (χ1v) is 9.04. The topological polar surface area (TPSA) is 53.6 Å². The molecule has 0 saturated carbocycles. The zero-order valence-electron chi connectivity index (χ0n) is 14.7. The second-order valence-electron chi connectivity index (χ2n) is 6.97. The van der Waals surface area contributed by atoms with E-state index in [0.717, 1.165) is 46.5 Å². The molecular formula is C22H20N4. The van der Waals surface area contributed by atoms with Gasteiger partial charge in [0.1, 0.15) is 5.82 Å². The van der Waals surface area contributed by atoms with Crippen LogP contribution in [0.25, 0.3) is 22.2 Å². The van der Waals surface area contributed by atoms with Crippen LogP contribution in [0.4, 0.5) is 5.82 Å². The average Bonchev–Trinajstić information content (AvgIpc) is 3.28. The fraction of sp³-hybridized carbons (Fsp3) is 0.182. The minimum Gasteiger partial charge on any atom is -0.363 e. The molecule has 0 radical (unpaired) electrons. The second kappa shape index (κ2) is 5.99. The van der Waals surface area contributed by atoms with Crippen molar-refractivity contribution >= 4 is 16.7 Å². The Balaban J connectivity index is 1.44. The van der Waals surface area contributed by atoms with Crippen LogP contribution in [0, 0.1) is 6.92 Å². The van der Waals surface area contributed by atoms with Crippen molar-refractivity contribution in [3.05, 3.63) is 77.5 Å². The van der Waals surface area contributed by atoms with Crippen molar-refractivity contribution in [3.63, 3.8) is 0 Å². The van der Waals surface area contributed by atoms with Crippen LogP contribution in [-0.4, -0.2) is 15.2 Å². The lowest BCUT2D eigenvalue weighted by molar-refractivity contribution is 0.758. The molecule has 2 N–H and O–H groups in total. The van der Waals surface area contributed by atoms with Gasteiger partial charge in [-0.2, -0.15) is 5.10 Å². The standard InChI is InChI=1S/C22H20N4/c1-14-12-21(26-25-14)17-7-9-19-16(13-17)8-11-22(23-19)24-20-10-6-15-4-2-3-5-18(15)20/h2-5,7-9,11-13,20H,6,10H2,1H3,(H,23,24)(H,25,26)/t20-/m1/s1. The third-order valence-corrected chi connectivity index (χ3v) is 5.15. The Morgan fingerprint density at radius 2 is 1.96 bits per heavy atom. The van der Waals surface area contributed by atoms with Crippen LogP contribution < -0.4 is 5.32 Å². The van der Waals surface area contributed by atoms with Gasteiger partial charge in [-0.05, 0) is 61.2 Å². The summed E-state index contributed by atoms with van der Waals surface area (Å²) in [4.78, 5) is 4.81. The van der Waals surface area contributed by atoms with E-state index >= 15 is 0 Å². The highest BCUT2D eigenvalue weighted by molar-refractivity contribution is 5.85. The summed E-state index contributed by atoms with van der Waals surface area (Å²) in [7, 11) is 0. The van der Waals surface area contributed by atoms with Crippen molar-refractivity contribution in [1.82, 2.24) is 15.2 Å². The molecule has 0 fully saturated rings. The van der Waals surface area contributed by atoms with E-state index in [-0.39, 0.29) is 0 Å². The maximum absolute atomic E-state index is 4.81. The number of aromatic nitrogens is 3.